The number of amides is 1. The van der Waals surface area contributed by atoms with E-state index in [2.05, 4.69) is 5.32 Å². The van der Waals surface area contributed by atoms with Crippen molar-refractivity contribution in [3.63, 3.8) is 0 Å². The second-order valence-electron chi connectivity index (χ2n) is 5.45. The molecule has 0 bridgehead atoms. The number of anilines is 1. The fourth-order valence-corrected chi connectivity index (χ4v) is 2.52. The summed E-state index contributed by atoms with van der Waals surface area (Å²) in [4.78, 5) is 35.9. The molecule has 3 aromatic rings. The average molecular weight is 336 g/mol. The minimum Gasteiger partial charge on any atom is -0.452 e. The average Bonchev–Trinajstić information content (AvgIpc) is 3.00. The van der Waals surface area contributed by atoms with Gasteiger partial charge < -0.3 is 14.5 Å². The van der Waals surface area contributed by atoms with Crippen LogP contribution in [0.4, 0.5) is 5.69 Å². The molecule has 0 spiro atoms. The molecule has 0 atom stereocenters. The van der Waals surface area contributed by atoms with Gasteiger partial charge in [0.25, 0.3) is 5.91 Å². The molecular formula is C19H16N2O4. The van der Waals surface area contributed by atoms with Crippen LogP contribution in [0, 0.1) is 0 Å². The second kappa shape index (κ2) is 7.00. The molecule has 1 N–H and O–H groups in total. The van der Waals surface area contributed by atoms with Gasteiger partial charge in [-0.15, -0.1) is 0 Å². The summed E-state index contributed by atoms with van der Waals surface area (Å²) in [6.07, 6.45) is 1.70. The monoisotopic (exact) mass is 336 g/mol. The van der Waals surface area contributed by atoms with Crippen molar-refractivity contribution in [1.82, 2.24) is 4.40 Å². The minimum atomic E-state index is -0.653. The summed E-state index contributed by atoms with van der Waals surface area (Å²) in [5, 5.41) is 2.63. The first-order chi connectivity index (χ1) is 12.1. The van der Waals surface area contributed by atoms with Gasteiger partial charge in [0.15, 0.2) is 12.4 Å². The van der Waals surface area contributed by atoms with E-state index in [0.29, 0.717) is 16.9 Å². The number of pyridine rings is 1. The Hall–Kier alpha value is -3.41. The van der Waals surface area contributed by atoms with Crippen molar-refractivity contribution >= 4 is 28.9 Å². The van der Waals surface area contributed by atoms with Gasteiger partial charge in [0.2, 0.25) is 0 Å². The number of Topliss-reactive ketones (excluding diaryl/α,β-unsaturated/α-hetero) is 1. The Morgan fingerprint density at radius 3 is 2.48 bits per heavy atom. The molecule has 1 amide bonds. The third-order valence-electron chi connectivity index (χ3n) is 3.65. The summed E-state index contributed by atoms with van der Waals surface area (Å²) in [7, 11) is 0. The van der Waals surface area contributed by atoms with Crippen molar-refractivity contribution in [3.8, 4) is 0 Å². The lowest BCUT2D eigenvalue weighted by atomic mass is 10.2. The number of rotatable bonds is 5. The smallest absolute Gasteiger partial charge is 0.340 e. The summed E-state index contributed by atoms with van der Waals surface area (Å²) < 4.78 is 6.72. The number of carbonyl (C=O) groups is 3. The van der Waals surface area contributed by atoms with Crippen LogP contribution in [0.3, 0.4) is 0 Å². The van der Waals surface area contributed by atoms with Crippen molar-refractivity contribution in [3.05, 3.63) is 72.1 Å². The number of ketones is 1. The number of benzene rings is 1. The molecule has 25 heavy (non-hydrogen) atoms. The Balaban J connectivity index is 1.72. The van der Waals surface area contributed by atoms with Gasteiger partial charge >= 0.3 is 5.97 Å². The maximum absolute atomic E-state index is 12.3. The number of aromatic nitrogens is 1. The SMILES string of the molecule is CC(=O)c1cc(C(=O)OCC(=O)Nc2ccccc2)c2ccccn12. The zero-order valence-corrected chi connectivity index (χ0v) is 13.6. The molecule has 0 aliphatic heterocycles. The van der Waals surface area contributed by atoms with Crippen molar-refractivity contribution in [1.29, 1.82) is 0 Å². The van der Waals surface area contributed by atoms with E-state index in [-0.39, 0.29) is 11.3 Å². The van der Waals surface area contributed by atoms with Gasteiger partial charge in [-0.05, 0) is 30.3 Å². The summed E-state index contributed by atoms with van der Waals surface area (Å²) in [5.41, 5.74) is 1.81. The fourth-order valence-electron chi connectivity index (χ4n) is 2.52. The minimum absolute atomic E-state index is 0.165. The largest absolute Gasteiger partial charge is 0.452 e. The highest BCUT2D eigenvalue weighted by Crippen LogP contribution is 2.18. The van der Waals surface area contributed by atoms with E-state index in [9.17, 15) is 14.4 Å². The van der Waals surface area contributed by atoms with Gasteiger partial charge in [-0.25, -0.2) is 4.79 Å². The van der Waals surface area contributed by atoms with Crippen LogP contribution in [0.1, 0.15) is 27.8 Å². The van der Waals surface area contributed by atoms with Gasteiger partial charge in [-0.2, -0.15) is 0 Å². The maximum Gasteiger partial charge on any atom is 0.340 e. The normalized spacial score (nSPS) is 10.4. The molecule has 2 aromatic heterocycles. The zero-order chi connectivity index (χ0) is 17.8. The molecule has 0 saturated carbocycles. The molecule has 0 saturated heterocycles. The number of ether oxygens (including phenoxy) is 1. The van der Waals surface area contributed by atoms with Crippen molar-refractivity contribution in [2.45, 2.75) is 6.92 Å². The lowest BCUT2D eigenvalue weighted by molar-refractivity contribution is -0.119. The quantitative estimate of drug-likeness (QED) is 0.574. The van der Waals surface area contributed by atoms with Gasteiger partial charge in [0, 0.05) is 18.8 Å². The number of para-hydroxylation sites is 1. The third-order valence-corrected chi connectivity index (χ3v) is 3.65. The van der Waals surface area contributed by atoms with E-state index in [4.69, 9.17) is 4.74 Å². The highest BCUT2D eigenvalue weighted by molar-refractivity contribution is 6.04. The highest BCUT2D eigenvalue weighted by Gasteiger charge is 2.19. The van der Waals surface area contributed by atoms with Crippen LogP contribution >= 0.6 is 0 Å². The lowest BCUT2D eigenvalue weighted by Gasteiger charge is -2.06. The van der Waals surface area contributed by atoms with Gasteiger partial charge in [0.1, 0.15) is 0 Å². The third kappa shape index (κ3) is 3.58. The Labute approximate surface area is 144 Å². The number of carbonyl (C=O) groups excluding carboxylic acids is 3. The Morgan fingerprint density at radius 1 is 1.04 bits per heavy atom. The van der Waals surface area contributed by atoms with E-state index < -0.39 is 18.5 Å². The number of fused-ring (bicyclic) bond motifs is 1. The summed E-state index contributed by atoms with van der Waals surface area (Å²) in [6.45, 7) is 1.02. The molecule has 126 valence electrons. The predicted octanol–water partition coefficient (Wildman–Crippen LogP) is 2.94. The summed E-state index contributed by atoms with van der Waals surface area (Å²) in [6, 6.07) is 15.6. The summed E-state index contributed by atoms with van der Waals surface area (Å²) in [5.74, 6) is -1.25. The van der Waals surface area contributed by atoms with Gasteiger partial charge in [-0.1, -0.05) is 24.3 Å². The van der Waals surface area contributed by atoms with Crippen LogP contribution in [-0.2, 0) is 9.53 Å². The number of hydrogen-bond donors (Lipinski definition) is 1. The van der Waals surface area contributed by atoms with E-state index in [1.54, 1.807) is 53.1 Å². The molecule has 0 unspecified atom stereocenters. The molecule has 2 heterocycles. The van der Waals surface area contributed by atoms with Crippen LogP contribution in [-0.4, -0.2) is 28.7 Å². The first kappa shape index (κ1) is 16.4. The molecule has 3 rings (SSSR count). The molecule has 6 heteroatoms. The van der Waals surface area contributed by atoms with Crippen molar-refractivity contribution in [2.24, 2.45) is 0 Å². The van der Waals surface area contributed by atoms with Gasteiger partial charge in [0.05, 0.1) is 16.8 Å². The standard InChI is InChI=1S/C19H16N2O4/c1-13(22)17-11-15(16-9-5-6-10-21(16)17)19(24)25-12-18(23)20-14-7-3-2-4-8-14/h2-11H,12H2,1H3,(H,20,23). The molecule has 1 aromatic carbocycles. The first-order valence-electron chi connectivity index (χ1n) is 7.69. The number of nitrogens with zero attached hydrogens (tertiary/aromatic N) is 1. The number of esters is 1. The van der Waals surface area contributed by atoms with Gasteiger partial charge in [-0.3, -0.25) is 9.59 Å². The van der Waals surface area contributed by atoms with Crippen molar-refractivity contribution in [2.75, 3.05) is 11.9 Å². The molecule has 0 fully saturated rings. The van der Waals surface area contributed by atoms with E-state index in [1.165, 1.54) is 13.0 Å². The zero-order valence-electron chi connectivity index (χ0n) is 13.6. The predicted molar refractivity (Wildman–Crippen MR) is 92.8 cm³/mol. The van der Waals surface area contributed by atoms with Crippen LogP contribution in [0.15, 0.2) is 60.8 Å². The van der Waals surface area contributed by atoms with E-state index in [0.717, 1.165) is 0 Å². The topological polar surface area (TPSA) is 76.9 Å². The highest BCUT2D eigenvalue weighted by atomic mass is 16.5. The molecular weight excluding hydrogens is 320 g/mol. The van der Waals surface area contributed by atoms with Crippen LogP contribution in [0.5, 0.6) is 0 Å². The molecule has 0 radical (unpaired) electrons. The second-order valence-corrected chi connectivity index (χ2v) is 5.45. The van der Waals surface area contributed by atoms with Crippen LogP contribution in [0.25, 0.3) is 5.52 Å². The first-order valence-corrected chi connectivity index (χ1v) is 7.69. The van der Waals surface area contributed by atoms with Crippen LogP contribution < -0.4 is 5.32 Å². The van der Waals surface area contributed by atoms with E-state index >= 15 is 0 Å². The fraction of sp³-hybridized carbons (Fsp3) is 0.105. The van der Waals surface area contributed by atoms with E-state index in [1.807, 2.05) is 6.07 Å². The molecule has 0 aliphatic rings. The Bertz CT molecular complexity index is 944. The number of hydrogen-bond acceptors (Lipinski definition) is 4. The van der Waals surface area contributed by atoms with Crippen molar-refractivity contribution < 1.29 is 19.1 Å². The Kier molecular flexibility index (Phi) is 4.61. The number of nitrogens with one attached hydrogen (secondary N) is 1. The lowest BCUT2D eigenvalue weighted by Crippen LogP contribution is -2.20. The maximum atomic E-state index is 12.3. The van der Waals surface area contributed by atoms with Crippen LogP contribution in [0.2, 0.25) is 0 Å². The summed E-state index contributed by atoms with van der Waals surface area (Å²) >= 11 is 0. The molecule has 0 aliphatic carbocycles. The Morgan fingerprint density at radius 2 is 1.76 bits per heavy atom. The molecule has 6 nitrogen and oxygen atoms in total.